The number of nitrogens with one attached hydrogen (secondary N) is 1. The number of carbonyl (C=O) groups excluding carboxylic acids is 1. The average Bonchev–Trinajstić information content (AvgIpc) is 3.15. The smallest absolute Gasteiger partial charge is 0.266 e. The lowest BCUT2D eigenvalue weighted by Gasteiger charge is -2.11. The molecule has 0 aliphatic heterocycles. The number of benzene rings is 2. The van der Waals surface area contributed by atoms with E-state index in [1.807, 2.05) is 60.0 Å². The zero-order valence-corrected chi connectivity index (χ0v) is 14.0. The SMILES string of the molecule is N#C/C(=C\c1cccs1)C(=O)Nc1ccccc1Oc1ccccc1. The summed E-state index contributed by atoms with van der Waals surface area (Å²) in [5, 5.41) is 13.9. The average molecular weight is 346 g/mol. The van der Waals surface area contributed by atoms with Crippen LogP contribution in [0.4, 0.5) is 5.69 Å². The molecule has 0 aliphatic rings. The molecule has 0 atom stereocenters. The van der Waals surface area contributed by atoms with Crippen molar-refractivity contribution in [3.8, 4) is 17.6 Å². The van der Waals surface area contributed by atoms with Gasteiger partial charge in [-0.1, -0.05) is 36.4 Å². The Kier molecular flexibility index (Phi) is 5.25. The van der Waals surface area contributed by atoms with Crippen molar-refractivity contribution in [2.75, 3.05) is 5.32 Å². The minimum absolute atomic E-state index is 0.0389. The highest BCUT2D eigenvalue weighted by Crippen LogP contribution is 2.29. The van der Waals surface area contributed by atoms with Crippen molar-refractivity contribution in [2.45, 2.75) is 0 Å². The molecule has 0 saturated carbocycles. The van der Waals surface area contributed by atoms with Crippen LogP contribution in [-0.4, -0.2) is 5.91 Å². The van der Waals surface area contributed by atoms with Crippen LogP contribution in [0.15, 0.2) is 77.7 Å². The number of nitriles is 1. The highest BCUT2D eigenvalue weighted by molar-refractivity contribution is 7.10. The highest BCUT2D eigenvalue weighted by Gasteiger charge is 2.13. The van der Waals surface area contributed by atoms with E-state index in [0.717, 1.165) is 4.88 Å². The number of thiophene rings is 1. The lowest BCUT2D eigenvalue weighted by Crippen LogP contribution is -2.13. The Morgan fingerprint density at radius 3 is 2.52 bits per heavy atom. The molecule has 0 fully saturated rings. The Bertz CT molecular complexity index is 926. The van der Waals surface area contributed by atoms with Crippen LogP contribution in [0.5, 0.6) is 11.5 Å². The zero-order valence-electron chi connectivity index (χ0n) is 13.2. The molecule has 1 heterocycles. The Hall–Kier alpha value is -3.36. The maximum atomic E-state index is 12.4. The summed E-state index contributed by atoms with van der Waals surface area (Å²) in [4.78, 5) is 13.3. The number of hydrogen-bond acceptors (Lipinski definition) is 4. The predicted molar refractivity (Wildman–Crippen MR) is 99.5 cm³/mol. The monoisotopic (exact) mass is 346 g/mol. The largest absolute Gasteiger partial charge is 0.455 e. The summed E-state index contributed by atoms with van der Waals surface area (Å²) in [5.74, 6) is 0.703. The summed E-state index contributed by atoms with van der Waals surface area (Å²) in [6.45, 7) is 0. The van der Waals surface area contributed by atoms with Gasteiger partial charge in [0.1, 0.15) is 17.4 Å². The lowest BCUT2D eigenvalue weighted by atomic mass is 10.2. The van der Waals surface area contributed by atoms with Gasteiger partial charge >= 0.3 is 0 Å². The summed E-state index contributed by atoms with van der Waals surface area (Å²) < 4.78 is 5.81. The second kappa shape index (κ2) is 7.95. The fraction of sp³-hybridized carbons (Fsp3) is 0. The molecule has 3 rings (SSSR count). The molecule has 0 radical (unpaired) electrons. The first kappa shape index (κ1) is 16.5. The summed E-state index contributed by atoms with van der Waals surface area (Å²) in [5.41, 5.74) is 0.542. The quantitative estimate of drug-likeness (QED) is 0.517. The molecule has 5 heteroatoms. The maximum absolute atomic E-state index is 12.4. The van der Waals surface area contributed by atoms with Crippen molar-refractivity contribution < 1.29 is 9.53 Å². The predicted octanol–water partition coefficient (Wildman–Crippen LogP) is 5.09. The Balaban J connectivity index is 1.81. The summed E-state index contributed by atoms with van der Waals surface area (Å²) in [6, 6.07) is 22.1. The van der Waals surface area contributed by atoms with Crippen LogP contribution in [0.3, 0.4) is 0 Å². The van der Waals surface area contributed by atoms with Crippen molar-refractivity contribution >= 4 is 29.0 Å². The second-order valence-corrected chi connectivity index (χ2v) is 6.03. The lowest BCUT2D eigenvalue weighted by molar-refractivity contribution is -0.112. The van der Waals surface area contributed by atoms with Gasteiger partial charge in [-0.05, 0) is 41.8 Å². The molecule has 1 N–H and O–H groups in total. The summed E-state index contributed by atoms with van der Waals surface area (Å²) in [7, 11) is 0. The van der Waals surface area contributed by atoms with Crippen LogP contribution < -0.4 is 10.1 Å². The number of carbonyl (C=O) groups is 1. The van der Waals surface area contributed by atoms with Crippen molar-refractivity contribution in [1.29, 1.82) is 5.26 Å². The van der Waals surface area contributed by atoms with Gasteiger partial charge in [0, 0.05) is 4.88 Å². The van der Waals surface area contributed by atoms with Crippen molar-refractivity contribution in [1.82, 2.24) is 0 Å². The third-order valence-corrected chi connectivity index (χ3v) is 4.12. The van der Waals surface area contributed by atoms with Crippen molar-refractivity contribution in [2.24, 2.45) is 0 Å². The number of nitrogens with zero attached hydrogens (tertiary/aromatic N) is 1. The molecule has 3 aromatic rings. The molecule has 4 nitrogen and oxygen atoms in total. The first-order chi connectivity index (χ1) is 12.3. The van der Waals surface area contributed by atoms with Gasteiger partial charge in [-0.15, -0.1) is 11.3 Å². The molecule has 2 aromatic carbocycles. The first-order valence-electron chi connectivity index (χ1n) is 7.55. The number of rotatable bonds is 5. The third-order valence-electron chi connectivity index (χ3n) is 3.30. The summed E-state index contributed by atoms with van der Waals surface area (Å²) in [6.07, 6.45) is 1.57. The van der Waals surface area contributed by atoms with Crippen LogP contribution in [0.1, 0.15) is 4.88 Å². The highest BCUT2D eigenvalue weighted by atomic mass is 32.1. The molecule has 25 heavy (non-hydrogen) atoms. The van der Waals surface area contributed by atoms with E-state index >= 15 is 0 Å². The van der Waals surface area contributed by atoms with Gasteiger partial charge in [0.15, 0.2) is 5.75 Å². The Morgan fingerprint density at radius 1 is 1.04 bits per heavy atom. The minimum Gasteiger partial charge on any atom is -0.455 e. The van der Waals surface area contributed by atoms with Gasteiger partial charge in [-0.25, -0.2) is 0 Å². The van der Waals surface area contributed by atoms with Gasteiger partial charge in [-0.3, -0.25) is 4.79 Å². The standard InChI is InChI=1S/C20H14N2O2S/c21-14-15(13-17-9-6-12-25-17)20(23)22-18-10-4-5-11-19(18)24-16-7-2-1-3-8-16/h1-13H,(H,22,23)/b15-13+. The van der Waals surface area contributed by atoms with E-state index < -0.39 is 5.91 Å². The second-order valence-electron chi connectivity index (χ2n) is 5.05. The third kappa shape index (κ3) is 4.34. The summed E-state index contributed by atoms with van der Waals surface area (Å²) >= 11 is 1.46. The Labute approximate surface area is 149 Å². The molecule has 0 aliphatic carbocycles. The van der Waals surface area contributed by atoms with Crippen LogP contribution in [-0.2, 0) is 4.79 Å². The molecule has 1 amide bonds. The number of ether oxygens (including phenoxy) is 1. The fourth-order valence-electron chi connectivity index (χ4n) is 2.13. The maximum Gasteiger partial charge on any atom is 0.266 e. The zero-order chi connectivity index (χ0) is 17.5. The Morgan fingerprint density at radius 2 is 1.80 bits per heavy atom. The first-order valence-corrected chi connectivity index (χ1v) is 8.43. The van der Waals surface area contributed by atoms with Crippen LogP contribution in [0.2, 0.25) is 0 Å². The molecule has 0 spiro atoms. The van der Waals surface area contributed by atoms with E-state index in [9.17, 15) is 10.1 Å². The topological polar surface area (TPSA) is 62.1 Å². The van der Waals surface area contributed by atoms with E-state index in [-0.39, 0.29) is 5.57 Å². The molecule has 0 saturated heterocycles. The van der Waals surface area contributed by atoms with E-state index in [1.54, 1.807) is 24.3 Å². The van der Waals surface area contributed by atoms with Crippen LogP contribution >= 0.6 is 11.3 Å². The van der Waals surface area contributed by atoms with Gasteiger partial charge in [0.2, 0.25) is 0 Å². The van der Waals surface area contributed by atoms with Gasteiger partial charge in [0.25, 0.3) is 5.91 Å². The molecule has 1 aromatic heterocycles. The van der Waals surface area contributed by atoms with Crippen molar-refractivity contribution in [3.63, 3.8) is 0 Å². The van der Waals surface area contributed by atoms with E-state index in [1.165, 1.54) is 11.3 Å². The van der Waals surface area contributed by atoms with Gasteiger partial charge in [-0.2, -0.15) is 5.26 Å². The minimum atomic E-state index is -0.472. The number of anilines is 1. The fourth-order valence-corrected chi connectivity index (χ4v) is 2.79. The normalized spacial score (nSPS) is 10.8. The van der Waals surface area contributed by atoms with Gasteiger partial charge in [0.05, 0.1) is 5.69 Å². The van der Waals surface area contributed by atoms with Gasteiger partial charge < -0.3 is 10.1 Å². The number of hydrogen-bond donors (Lipinski definition) is 1. The van der Waals surface area contributed by atoms with E-state index in [4.69, 9.17) is 4.74 Å². The van der Waals surface area contributed by atoms with Crippen LogP contribution in [0.25, 0.3) is 6.08 Å². The van der Waals surface area contributed by atoms with E-state index in [0.29, 0.717) is 17.2 Å². The van der Waals surface area contributed by atoms with Crippen LogP contribution in [0, 0.1) is 11.3 Å². The molecular weight excluding hydrogens is 332 g/mol. The number of para-hydroxylation sites is 3. The molecule has 0 bridgehead atoms. The molecule has 0 unspecified atom stereocenters. The number of amides is 1. The molecule has 122 valence electrons. The van der Waals surface area contributed by atoms with E-state index in [2.05, 4.69) is 5.32 Å². The van der Waals surface area contributed by atoms with Crippen molar-refractivity contribution in [3.05, 3.63) is 82.6 Å². The molecular formula is C20H14N2O2S.